The van der Waals surface area contributed by atoms with E-state index in [1.54, 1.807) is 30.0 Å². The number of halogens is 6. The number of piperazine rings is 1. The van der Waals surface area contributed by atoms with Gasteiger partial charge < -0.3 is 29.6 Å². The molecule has 248 valence electrons. The molecule has 0 bridgehead atoms. The van der Waals surface area contributed by atoms with E-state index in [9.17, 15) is 46.1 Å². The number of benzene rings is 2. The summed E-state index contributed by atoms with van der Waals surface area (Å²) in [4.78, 5) is 32.1. The summed E-state index contributed by atoms with van der Waals surface area (Å²) in [5.41, 5.74) is -2.95. The van der Waals surface area contributed by atoms with Crippen LogP contribution in [0.1, 0.15) is 66.1 Å². The Balaban J connectivity index is 1.77. The van der Waals surface area contributed by atoms with Gasteiger partial charge in [0.05, 0.1) is 41.8 Å². The van der Waals surface area contributed by atoms with E-state index in [-0.39, 0.29) is 63.1 Å². The molecule has 2 heterocycles. The minimum absolute atomic E-state index is 0.0268. The Bertz CT molecular complexity index is 1380. The first-order valence-electron chi connectivity index (χ1n) is 14.5. The number of carbonyl (C=O) groups is 2. The van der Waals surface area contributed by atoms with E-state index in [1.807, 2.05) is 0 Å². The first kappa shape index (κ1) is 34.4. The van der Waals surface area contributed by atoms with Gasteiger partial charge in [0, 0.05) is 33.4 Å². The molecule has 2 N–H and O–H groups in total. The number of alkyl halides is 6. The molecule has 14 heteroatoms. The lowest BCUT2D eigenvalue weighted by Gasteiger charge is -2.47. The summed E-state index contributed by atoms with van der Waals surface area (Å²) in [7, 11) is 2.81. The van der Waals surface area contributed by atoms with Crippen LogP contribution < -0.4 is 4.74 Å². The van der Waals surface area contributed by atoms with Crippen molar-refractivity contribution >= 4 is 11.9 Å². The number of urea groups is 1. The number of ether oxygens (including phenoxy) is 1. The Hall–Kier alpha value is -3.52. The molecule has 3 amide bonds. The maximum absolute atomic E-state index is 14.2. The Morgan fingerprint density at radius 3 is 2.09 bits per heavy atom. The Labute approximate surface area is 257 Å². The fourth-order valence-corrected chi connectivity index (χ4v) is 6.64. The van der Waals surface area contributed by atoms with Crippen LogP contribution in [0.3, 0.4) is 0 Å². The number of aliphatic hydroxyl groups excluding tert-OH is 2. The summed E-state index contributed by atoms with van der Waals surface area (Å²) in [6, 6.07) is 3.32. The summed E-state index contributed by atoms with van der Waals surface area (Å²) in [6.45, 7) is 2.71. The van der Waals surface area contributed by atoms with Crippen LogP contribution in [0.4, 0.5) is 31.1 Å². The van der Waals surface area contributed by atoms with Crippen LogP contribution in [0.15, 0.2) is 36.4 Å². The van der Waals surface area contributed by atoms with Crippen molar-refractivity contribution < 1.29 is 50.9 Å². The molecule has 4 rings (SSSR count). The lowest BCUT2D eigenvalue weighted by molar-refractivity contribution is -0.143. The molecule has 0 radical (unpaired) electrons. The smallest absolute Gasteiger partial charge is 0.416 e. The molecule has 0 spiro atoms. The fourth-order valence-electron chi connectivity index (χ4n) is 6.64. The van der Waals surface area contributed by atoms with Crippen molar-refractivity contribution in [3.05, 3.63) is 64.2 Å². The van der Waals surface area contributed by atoms with E-state index in [0.29, 0.717) is 23.4 Å². The van der Waals surface area contributed by atoms with Gasteiger partial charge in [-0.05, 0) is 80.1 Å². The number of methoxy groups -OCH3 is 1. The molecule has 2 saturated heterocycles. The molecule has 8 nitrogen and oxygen atoms in total. The van der Waals surface area contributed by atoms with Gasteiger partial charge in [0.25, 0.3) is 0 Å². The van der Waals surface area contributed by atoms with E-state index in [4.69, 9.17) is 4.74 Å². The van der Waals surface area contributed by atoms with Crippen LogP contribution in [0, 0.1) is 12.3 Å². The van der Waals surface area contributed by atoms with Crippen molar-refractivity contribution in [1.29, 1.82) is 0 Å². The van der Waals surface area contributed by atoms with Crippen LogP contribution in [0.25, 0.3) is 0 Å². The highest BCUT2D eigenvalue weighted by Gasteiger charge is 2.56. The molecule has 2 aliphatic rings. The topological polar surface area (TPSA) is 93.5 Å². The van der Waals surface area contributed by atoms with Crippen LogP contribution in [-0.4, -0.2) is 83.4 Å². The quantitative estimate of drug-likeness (QED) is 0.367. The number of aliphatic hydroxyl groups is 2. The average molecular weight is 646 g/mol. The number of hydrogen-bond donors (Lipinski definition) is 2. The van der Waals surface area contributed by atoms with E-state index in [0.717, 1.165) is 10.5 Å². The normalized spacial score (nSPS) is 20.7. The second-order valence-corrected chi connectivity index (χ2v) is 11.8. The lowest BCUT2D eigenvalue weighted by Crippen LogP contribution is -2.57. The Morgan fingerprint density at radius 1 is 1.02 bits per heavy atom. The molecule has 45 heavy (non-hydrogen) atoms. The van der Waals surface area contributed by atoms with Crippen molar-refractivity contribution in [2.45, 2.75) is 63.6 Å². The number of nitrogens with zero attached hydrogens (tertiary/aromatic N) is 3. The van der Waals surface area contributed by atoms with Gasteiger partial charge in [-0.15, -0.1) is 0 Å². The monoisotopic (exact) mass is 645 g/mol. The Kier molecular flexibility index (Phi) is 9.70. The lowest BCUT2D eigenvalue weighted by atomic mass is 9.77. The van der Waals surface area contributed by atoms with Gasteiger partial charge in [-0.2, -0.15) is 26.3 Å². The van der Waals surface area contributed by atoms with Gasteiger partial charge >= 0.3 is 18.4 Å². The molecule has 3 atom stereocenters. The van der Waals surface area contributed by atoms with Crippen molar-refractivity contribution in [2.75, 3.05) is 40.5 Å². The number of amides is 3. The van der Waals surface area contributed by atoms with Crippen molar-refractivity contribution in [2.24, 2.45) is 5.41 Å². The zero-order valence-corrected chi connectivity index (χ0v) is 25.4. The largest absolute Gasteiger partial charge is 0.497 e. The van der Waals surface area contributed by atoms with Crippen LogP contribution >= 0.6 is 0 Å². The predicted octanol–water partition coefficient (Wildman–Crippen LogP) is 5.56. The van der Waals surface area contributed by atoms with Crippen molar-refractivity contribution in [1.82, 2.24) is 14.7 Å². The number of aryl methyl sites for hydroxylation is 1. The standard InChI is InChI=1S/C31H37F6N3O5/c1-18-13-23(45-4)5-6-24(18)26-25-17-29(7-11-41,8-12-42)27(43)39(25)9-10-40(26)28(44)38(3)19(2)20-14-21(30(32,33)34)16-22(15-20)31(35,36)37/h5-6,13-16,19,25-26,41-42H,7-12,17H2,1-4H3/t19-,25?,26?/m1/s1. The highest BCUT2D eigenvalue weighted by atomic mass is 19.4. The minimum Gasteiger partial charge on any atom is -0.497 e. The minimum atomic E-state index is -5.05. The molecule has 2 fully saturated rings. The van der Waals surface area contributed by atoms with E-state index < -0.39 is 53.1 Å². The molecule has 0 saturated carbocycles. The maximum Gasteiger partial charge on any atom is 0.416 e. The van der Waals surface area contributed by atoms with Crippen LogP contribution in [0.2, 0.25) is 0 Å². The van der Waals surface area contributed by atoms with Gasteiger partial charge in [-0.1, -0.05) is 6.07 Å². The van der Waals surface area contributed by atoms with Gasteiger partial charge in [-0.25, -0.2) is 4.79 Å². The predicted molar refractivity (Wildman–Crippen MR) is 151 cm³/mol. The third kappa shape index (κ3) is 6.57. The van der Waals surface area contributed by atoms with Gasteiger partial charge in [0.15, 0.2) is 0 Å². The van der Waals surface area contributed by atoms with Gasteiger partial charge in [0.1, 0.15) is 5.75 Å². The summed E-state index contributed by atoms with van der Waals surface area (Å²) in [6.07, 6.45) is -9.66. The van der Waals surface area contributed by atoms with Crippen LogP contribution in [0.5, 0.6) is 5.75 Å². The van der Waals surface area contributed by atoms with Gasteiger partial charge in [0.2, 0.25) is 5.91 Å². The van der Waals surface area contributed by atoms with Crippen LogP contribution in [-0.2, 0) is 17.1 Å². The summed E-state index contributed by atoms with van der Waals surface area (Å²) in [5.74, 6) is 0.305. The second kappa shape index (κ2) is 12.7. The maximum atomic E-state index is 14.2. The SMILES string of the molecule is COc1ccc(C2C3CC(CCO)(CCO)C(=O)N3CCN2C(=O)N(C)[C@H](C)c2cc(C(F)(F)F)cc(C(F)(F)F)c2)c(C)c1. The number of rotatable bonds is 8. The first-order chi connectivity index (χ1) is 21.0. The summed E-state index contributed by atoms with van der Waals surface area (Å²) >= 11 is 0. The number of carbonyl (C=O) groups excluding carboxylic acids is 2. The third-order valence-electron chi connectivity index (χ3n) is 9.19. The molecule has 2 aromatic carbocycles. The molecule has 0 aliphatic carbocycles. The molecular formula is C31H37F6N3O5. The van der Waals surface area contributed by atoms with E-state index >= 15 is 0 Å². The molecule has 2 aromatic rings. The van der Waals surface area contributed by atoms with E-state index in [2.05, 4.69) is 0 Å². The first-order valence-corrected chi connectivity index (χ1v) is 14.5. The highest BCUT2D eigenvalue weighted by molar-refractivity contribution is 5.86. The molecular weight excluding hydrogens is 608 g/mol. The average Bonchev–Trinajstić information content (AvgIpc) is 3.25. The number of hydrogen-bond acceptors (Lipinski definition) is 5. The Morgan fingerprint density at radius 2 is 1.60 bits per heavy atom. The van der Waals surface area contributed by atoms with Crippen molar-refractivity contribution in [3.8, 4) is 5.75 Å². The molecule has 2 unspecified atom stereocenters. The molecule has 2 aliphatic heterocycles. The summed E-state index contributed by atoms with van der Waals surface area (Å²) in [5, 5.41) is 19.6. The van der Waals surface area contributed by atoms with Crippen molar-refractivity contribution in [3.63, 3.8) is 0 Å². The summed E-state index contributed by atoms with van der Waals surface area (Å²) < 4.78 is 86.8. The second-order valence-electron chi connectivity index (χ2n) is 11.8. The third-order valence-corrected chi connectivity index (χ3v) is 9.19. The fraction of sp³-hybridized carbons (Fsp3) is 0.548. The van der Waals surface area contributed by atoms with Gasteiger partial charge in [-0.3, -0.25) is 4.79 Å². The highest BCUT2D eigenvalue weighted by Crippen LogP contribution is 2.49. The number of fused-ring (bicyclic) bond motifs is 1. The molecule has 0 aromatic heterocycles. The zero-order chi connectivity index (χ0) is 33.5. The van der Waals surface area contributed by atoms with E-state index in [1.165, 1.54) is 26.0 Å². The zero-order valence-electron chi connectivity index (χ0n) is 25.4.